The minimum atomic E-state index is 0.615. The average molecular weight is 209 g/mol. The molecule has 84 valence electrons. The Bertz CT molecular complexity index is 292. The van der Waals surface area contributed by atoms with E-state index < -0.39 is 0 Å². The normalized spacial score (nSPS) is 15.8. The number of hydrogen-bond donors (Lipinski definition) is 1. The Hall–Kier alpha value is -0.800. The van der Waals surface area contributed by atoms with Gasteiger partial charge in [-0.15, -0.1) is 0 Å². The van der Waals surface area contributed by atoms with E-state index in [-0.39, 0.29) is 0 Å². The van der Waals surface area contributed by atoms with Crippen LogP contribution in [0, 0.1) is 5.92 Å². The van der Waals surface area contributed by atoms with Crippen molar-refractivity contribution in [2.24, 2.45) is 5.92 Å². The predicted octanol–water partition coefficient (Wildman–Crippen LogP) is 2.32. The summed E-state index contributed by atoms with van der Waals surface area (Å²) < 4.78 is 11.0. The summed E-state index contributed by atoms with van der Waals surface area (Å²) in [6.07, 6.45) is 4.41. The highest BCUT2D eigenvalue weighted by Crippen LogP contribution is 2.29. The summed E-state index contributed by atoms with van der Waals surface area (Å²) in [4.78, 5) is 0. The lowest BCUT2D eigenvalue weighted by Crippen LogP contribution is -2.12. The summed E-state index contributed by atoms with van der Waals surface area (Å²) in [6.45, 7) is 5.46. The zero-order valence-electron chi connectivity index (χ0n) is 9.29. The van der Waals surface area contributed by atoms with Crippen molar-refractivity contribution in [1.82, 2.24) is 5.32 Å². The van der Waals surface area contributed by atoms with Gasteiger partial charge in [0.2, 0.25) is 0 Å². The van der Waals surface area contributed by atoms with Crippen LogP contribution in [0.25, 0.3) is 0 Å². The van der Waals surface area contributed by atoms with Crippen molar-refractivity contribution in [3.8, 4) is 0 Å². The van der Waals surface area contributed by atoms with E-state index in [9.17, 15) is 0 Å². The molecule has 3 nitrogen and oxygen atoms in total. The number of ether oxygens (including phenoxy) is 1. The quantitative estimate of drug-likeness (QED) is 0.748. The molecule has 1 heterocycles. The molecular formula is C12H19NO2. The third-order valence-electron chi connectivity index (χ3n) is 2.69. The van der Waals surface area contributed by atoms with Gasteiger partial charge in [-0.05, 0) is 31.4 Å². The lowest BCUT2D eigenvalue weighted by atomic mass is 10.2. The summed E-state index contributed by atoms with van der Waals surface area (Å²) in [6, 6.07) is 2.01. The third-order valence-corrected chi connectivity index (χ3v) is 2.69. The summed E-state index contributed by atoms with van der Waals surface area (Å²) in [7, 11) is 0. The van der Waals surface area contributed by atoms with Gasteiger partial charge in [-0.1, -0.05) is 6.92 Å². The minimum absolute atomic E-state index is 0.615. The first kappa shape index (κ1) is 10.7. The van der Waals surface area contributed by atoms with Crippen LogP contribution in [0.15, 0.2) is 16.7 Å². The SMILES string of the molecule is CCNCc1ccoc1COCC1CC1. The Morgan fingerprint density at radius 3 is 3.13 bits per heavy atom. The molecular weight excluding hydrogens is 190 g/mol. The second-order valence-electron chi connectivity index (χ2n) is 4.11. The first-order valence-corrected chi connectivity index (χ1v) is 5.74. The van der Waals surface area contributed by atoms with Crippen molar-refractivity contribution in [3.63, 3.8) is 0 Å². The number of furan rings is 1. The van der Waals surface area contributed by atoms with Crippen molar-refractivity contribution in [2.75, 3.05) is 13.2 Å². The first-order valence-electron chi connectivity index (χ1n) is 5.74. The molecule has 1 aliphatic carbocycles. The molecule has 2 rings (SSSR count). The molecule has 0 atom stereocenters. The molecule has 0 aliphatic heterocycles. The van der Waals surface area contributed by atoms with Crippen molar-refractivity contribution >= 4 is 0 Å². The van der Waals surface area contributed by atoms with Crippen molar-refractivity contribution in [1.29, 1.82) is 0 Å². The van der Waals surface area contributed by atoms with Gasteiger partial charge in [0.15, 0.2) is 0 Å². The minimum Gasteiger partial charge on any atom is -0.467 e. The van der Waals surface area contributed by atoms with Crippen LogP contribution in [0.1, 0.15) is 31.1 Å². The van der Waals surface area contributed by atoms with Crippen LogP contribution >= 0.6 is 0 Å². The van der Waals surface area contributed by atoms with Gasteiger partial charge in [0.05, 0.1) is 6.26 Å². The van der Waals surface area contributed by atoms with Crippen LogP contribution in [0.2, 0.25) is 0 Å². The largest absolute Gasteiger partial charge is 0.467 e. The number of rotatable bonds is 7. The highest BCUT2D eigenvalue weighted by molar-refractivity contribution is 5.16. The molecule has 1 aromatic rings. The molecule has 1 aliphatic rings. The molecule has 0 radical (unpaired) electrons. The maximum absolute atomic E-state index is 5.60. The first-order chi connectivity index (χ1) is 7.40. The van der Waals surface area contributed by atoms with E-state index in [0.717, 1.165) is 31.4 Å². The van der Waals surface area contributed by atoms with Crippen LogP contribution in [-0.2, 0) is 17.9 Å². The van der Waals surface area contributed by atoms with Crippen LogP contribution < -0.4 is 5.32 Å². The fourth-order valence-electron chi connectivity index (χ4n) is 1.51. The standard InChI is InChI=1S/C12H19NO2/c1-2-13-7-11-5-6-15-12(11)9-14-8-10-3-4-10/h5-6,10,13H,2-4,7-9H2,1H3. The number of hydrogen-bond acceptors (Lipinski definition) is 3. The van der Waals surface area contributed by atoms with Gasteiger partial charge in [-0.25, -0.2) is 0 Å². The molecule has 1 aromatic heterocycles. The van der Waals surface area contributed by atoms with Gasteiger partial charge in [0.25, 0.3) is 0 Å². The van der Waals surface area contributed by atoms with Gasteiger partial charge in [0, 0.05) is 18.7 Å². The van der Waals surface area contributed by atoms with E-state index in [2.05, 4.69) is 12.2 Å². The molecule has 0 aromatic carbocycles. The smallest absolute Gasteiger partial charge is 0.133 e. The zero-order chi connectivity index (χ0) is 10.5. The monoisotopic (exact) mass is 209 g/mol. The molecule has 1 N–H and O–H groups in total. The Kier molecular flexibility index (Phi) is 3.80. The second kappa shape index (κ2) is 5.33. The van der Waals surface area contributed by atoms with E-state index in [1.165, 1.54) is 18.4 Å². The number of nitrogens with one attached hydrogen (secondary N) is 1. The lowest BCUT2D eigenvalue weighted by Gasteiger charge is -2.04. The van der Waals surface area contributed by atoms with E-state index in [0.29, 0.717) is 6.61 Å². The van der Waals surface area contributed by atoms with Gasteiger partial charge in [-0.3, -0.25) is 0 Å². The van der Waals surface area contributed by atoms with Crippen LogP contribution in [0.5, 0.6) is 0 Å². The summed E-state index contributed by atoms with van der Waals surface area (Å²) in [5.74, 6) is 1.79. The summed E-state index contributed by atoms with van der Waals surface area (Å²) >= 11 is 0. The van der Waals surface area contributed by atoms with Crippen LogP contribution in [0.4, 0.5) is 0 Å². The molecule has 1 fully saturated rings. The van der Waals surface area contributed by atoms with E-state index in [4.69, 9.17) is 9.15 Å². The highest BCUT2D eigenvalue weighted by Gasteiger charge is 2.21. The van der Waals surface area contributed by atoms with Gasteiger partial charge in [-0.2, -0.15) is 0 Å². The van der Waals surface area contributed by atoms with Crippen LogP contribution in [0.3, 0.4) is 0 Å². The average Bonchev–Trinajstić information content (AvgIpc) is 2.95. The Morgan fingerprint density at radius 1 is 1.53 bits per heavy atom. The summed E-state index contributed by atoms with van der Waals surface area (Å²) in [5, 5.41) is 3.29. The molecule has 0 saturated heterocycles. The molecule has 0 amide bonds. The van der Waals surface area contributed by atoms with Gasteiger partial charge >= 0.3 is 0 Å². The van der Waals surface area contributed by atoms with Crippen LogP contribution in [-0.4, -0.2) is 13.2 Å². The molecule has 0 bridgehead atoms. The Balaban J connectivity index is 1.75. The van der Waals surface area contributed by atoms with Crippen molar-refractivity contribution in [2.45, 2.75) is 32.9 Å². The maximum atomic E-state index is 5.60. The fraction of sp³-hybridized carbons (Fsp3) is 0.667. The fourth-order valence-corrected chi connectivity index (χ4v) is 1.51. The topological polar surface area (TPSA) is 34.4 Å². The van der Waals surface area contributed by atoms with Crippen molar-refractivity contribution < 1.29 is 9.15 Å². The molecule has 0 unspecified atom stereocenters. The van der Waals surface area contributed by atoms with Gasteiger partial charge < -0.3 is 14.5 Å². The maximum Gasteiger partial charge on any atom is 0.133 e. The predicted molar refractivity (Wildman–Crippen MR) is 58.5 cm³/mol. The van der Waals surface area contributed by atoms with Crippen molar-refractivity contribution in [3.05, 3.63) is 23.7 Å². The summed E-state index contributed by atoms with van der Waals surface area (Å²) in [5.41, 5.74) is 1.22. The Morgan fingerprint density at radius 2 is 2.40 bits per heavy atom. The van der Waals surface area contributed by atoms with E-state index >= 15 is 0 Å². The molecule has 1 saturated carbocycles. The second-order valence-corrected chi connectivity index (χ2v) is 4.11. The van der Waals surface area contributed by atoms with E-state index in [1.54, 1.807) is 6.26 Å². The Labute approximate surface area is 90.8 Å². The lowest BCUT2D eigenvalue weighted by molar-refractivity contribution is 0.0964. The highest BCUT2D eigenvalue weighted by atomic mass is 16.5. The molecule has 0 spiro atoms. The molecule has 15 heavy (non-hydrogen) atoms. The van der Waals surface area contributed by atoms with E-state index in [1.807, 2.05) is 6.07 Å². The van der Waals surface area contributed by atoms with Gasteiger partial charge in [0.1, 0.15) is 12.4 Å². The molecule has 3 heteroatoms. The zero-order valence-corrected chi connectivity index (χ0v) is 9.29. The third kappa shape index (κ3) is 3.36.